The minimum Gasteiger partial charge on any atom is -0.268 e. The number of halogens is 1. The molecular weight excluding hydrogens is 484 g/mol. The Morgan fingerprint density at radius 3 is 2.44 bits per heavy atom. The Hall–Kier alpha value is -2.65. The molecular formula is C23H15ClN2O3S3. The fourth-order valence-electron chi connectivity index (χ4n) is 3.02. The lowest BCUT2D eigenvalue weighted by Crippen LogP contribution is -2.27. The van der Waals surface area contributed by atoms with Gasteiger partial charge in [-0.25, -0.2) is 0 Å². The Morgan fingerprint density at radius 1 is 1.09 bits per heavy atom. The number of carbonyl (C=O) groups is 1. The van der Waals surface area contributed by atoms with Crippen molar-refractivity contribution in [2.75, 3.05) is 4.90 Å². The van der Waals surface area contributed by atoms with E-state index in [0.717, 1.165) is 22.2 Å². The Kier molecular flexibility index (Phi) is 6.66. The highest BCUT2D eigenvalue weighted by molar-refractivity contribution is 8.27. The molecule has 0 aliphatic carbocycles. The summed E-state index contributed by atoms with van der Waals surface area (Å²) in [6, 6.07) is 19.5. The van der Waals surface area contributed by atoms with Crippen LogP contribution in [0.5, 0.6) is 0 Å². The molecule has 1 aliphatic heterocycles. The lowest BCUT2D eigenvalue weighted by atomic mass is 10.2. The number of amides is 1. The molecule has 1 amide bonds. The highest BCUT2D eigenvalue weighted by atomic mass is 35.5. The number of anilines is 1. The number of aryl methyl sites for hydroxylation is 1. The number of hydrogen-bond acceptors (Lipinski definition) is 6. The zero-order valence-corrected chi connectivity index (χ0v) is 19.9. The van der Waals surface area contributed by atoms with E-state index in [9.17, 15) is 14.9 Å². The molecule has 0 radical (unpaired) electrons. The summed E-state index contributed by atoms with van der Waals surface area (Å²) in [5.41, 5.74) is 2.28. The summed E-state index contributed by atoms with van der Waals surface area (Å²) < 4.78 is 0.393. The number of rotatable bonds is 5. The number of thiocarbonyl (C=S) groups is 1. The van der Waals surface area contributed by atoms with Crippen LogP contribution in [0, 0.1) is 17.0 Å². The second-order valence-corrected chi connectivity index (χ2v) is 10.1. The van der Waals surface area contributed by atoms with Crippen molar-refractivity contribution in [3.63, 3.8) is 0 Å². The van der Waals surface area contributed by atoms with Gasteiger partial charge in [0.05, 0.1) is 20.4 Å². The quantitative estimate of drug-likeness (QED) is 0.161. The predicted molar refractivity (Wildman–Crippen MR) is 136 cm³/mol. The third kappa shape index (κ3) is 4.88. The zero-order valence-electron chi connectivity index (χ0n) is 16.7. The number of nitrogens with zero attached hydrogens (tertiary/aromatic N) is 2. The average molecular weight is 499 g/mol. The van der Waals surface area contributed by atoms with Crippen LogP contribution < -0.4 is 4.90 Å². The molecule has 160 valence electrons. The fraction of sp³-hybridized carbons (Fsp3) is 0.0435. The van der Waals surface area contributed by atoms with Gasteiger partial charge in [-0.15, -0.1) is 0 Å². The molecule has 1 fully saturated rings. The standard InChI is InChI=1S/C23H15ClN2O3S3/c1-14-2-9-18(10-3-14)31-20-11-4-15(12-19(20)26(28)29)13-21-22(27)25(23(30)32-21)17-7-5-16(24)6-8-17/h2-13H,1H3/b21-13+. The fourth-order valence-corrected chi connectivity index (χ4v) is 5.34. The molecule has 32 heavy (non-hydrogen) atoms. The maximum Gasteiger partial charge on any atom is 0.283 e. The number of hydrogen-bond donors (Lipinski definition) is 0. The van der Waals surface area contributed by atoms with E-state index in [0.29, 0.717) is 30.4 Å². The van der Waals surface area contributed by atoms with Crippen molar-refractivity contribution in [3.05, 3.63) is 97.9 Å². The van der Waals surface area contributed by atoms with Crippen molar-refractivity contribution in [3.8, 4) is 0 Å². The molecule has 0 bridgehead atoms. The molecule has 4 rings (SSSR count). The Morgan fingerprint density at radius 2 is 1.78 bits per heavy atom. The summed E-state index contributed by atoms with van der Waals surface area (Å²) in [5.74, 6) is -0.275. The first-order valence-electron chi connectivity index (χ1n) is 9.38. The second-order valence-electron chi connectivity index (χ2n) is 6.89. The van der Waals surface area contributed by atoms with Gasteiger partial charge >= 0.3 is 0 Å². The summed E-state index contributed by atoms with van der Waals surface area (Å²) in [7, 11) is 0. The van der Waals surface area contributed by atoms with Crippen LogP contribution in [0.4, 0.5) is 11.4 Å². The predicted octanol–water partition coefficient (Wildman–Crippen LogP) is 7.11. The molecule has 0 atom stereocenters. The number of carbonyl (C=O) groups excluding carboxylic acids is 1. The minimum atomic E-state index is -0.410. The van der Waals surface area contributed by atoms with E-state index in [1.54, 1.807) is 42.5 Å². The lowest BCUT2D eigenvalue weighted by molar-refractivity contribution is -0.387. The molecule has 0 saturated carbocycles. The molecule has 0 unspecified atom stereocenters. The zero-order chi connectivity index (χ0) is 22.8. The minimum absolute atomic E-state index is 0.0162. The van der Waals surface area contributed by atoms with Gasteiger partial charge in [0.15, 0.2) is 4.32 Å². The second kappa shape index (κ2) is 9.46. The van der Waals surface area contributed by atoms with E-state index >= 15 is 0 Å². The van der Waals surface area contributed by atoms with Gasteiger partial charge in [0, 0.05) is 16.0 Å². The van der Waals surface area contributed by atoms with Crippen molar-refractivity contribution in [1.82, 2.24) is 0 Å². The average Bonchev–Trinajstić information content (AvgIpc) is 3.04. The van der Waals surface area contributed by atoms with Gasteiger partial charge in [0.1, 0.15) is 0 Å². The van der Waals surface area contributed by atoms with Gasteiger partial charge in [0.2, 0.25) is 0 Å². The van der Waals surface area contributed by atoms with Crippen LogP contribution in [-0.2, 0) is 4.79 Å². The maximum absolute atomic E-state index is 12.9. The lowest BCUT2D eigenvalue weighted by Gasteiger charge is -2.14. The van der Waals surface area contributed by atoms with Crippen molar-refractivity contribution in [2.45, 2.75) is 16.7 Å². The molecule has 0 N–H and O–H groups in total. The van der Waals surface area contributed by atoms with Gasteiger partial charge in [-0.1, -0.05) is 71.1 Å². The summed E-state index contributed by atoms with van der Waals surface area (Å²) in [4.78, 5) is 27.5. The first-order chi connectivity index (χ1) is 15.3. The van der Waals surface area contributed by atoms with Crippen LogP contribution in [0.1, 0.15) is 11.1 Å². The third-order valence-electron chi connectivity index (χ3n) is 4.60. The van der Waals surface area contributed by atoms with E-state index in [4.69, 9.17) is 23.8 Å². The third-order valence-corrected chi connectivity index (χ3v) is 7.23. The van der Waals surface area contributed by atoms with Crippen LogP contribution in [0.3, 0.4) is 0 Å². The Balaban J connectivity index is 1.62. The largest absolute Gasteiger partial charge is 0.283 e. The van der Waals surface area contributed by atoms with Gasteiger partial charge < -0.3 is 0 Å². The smallest absolute Gasteiger partial charge is 0.268 e. The molecule has 3 aromatic carbocycles. The normalized spacial score (nSPS) is 14.9. The van der Waals surface area contributed by atoms with E-state index in [2.05, 4.69) is 0 Å². The van der Waals surface area contributed by atoms with Gasteiger partial charge in [0.25, 0.3) is 11.6 Å². The molecule has 5 nitrogen and oxygen atoms in total. The molecule has 1 aliphatic rings. The van der Waals surface area contributed by atoms with Crippen molar-refractivity contribution >= 4 is 75.0 Å². The topological polar surface area (TPSA) is 63.5 Å². The van der Waals surface area contributed by atoms with Gasteiger partial charge in [-0.05, 0) is 61.0 Å². The van der Waals surface area contributed by atoms with Crippen molar-refractivity contribution < 1.29 is 9.72 Å². The number of nitro benzene ring substituents is 1. The molecule has 1 heterocycles. The first kappa shape index (κ1) is 22.5. The van der Waals surface area contributed by atoms with Gasteiger partial charge in [-0.2, -0.15) is 0 Å². The SMILES string of the molecule is Cc1ccc(Sc2ccc(/C=C3/SC(=S)N(c4ccc(Cl)cc4)C3=O)cc2[N+](=O)[O-])cc1. The van der Waals surface area contributed by atoms with Crippen LogP contribution in [0.25, 0.3) is 6.08 Å². The number of nitro groups is 1. The number of benzene rings is 3. The van der Waals surface area contributed by atoms with Gasteiger partial charge in [-0.3, -0.25) is 19.8 Å². The summed E-state index contributed by atoms with van der Waals surface area (Å²) in [5, 5.41) is 12.3. The van der Waals surface area contributed by atoms with Crippen LogP contribution in [-0.4, -0.2) is 15.2 Å². The monoisotopic (exact) mass is 498 g/mol. The maximum atomic E-state index is 12.9. The highest BCUT2D eigenvalue weighted by Gasteiger charge is 2.33. The molecule has 9 heteroatoms. The first-order valence-corrected chi connectivity index (χ1v) is 11.8. The molecule has 3 aromatic rings. The Labute approximate surface area is 203 Å². The van der Waals surface area contributed by atoms with Crippen molar-refractivity contribution in [2.24, 2.45) is 0 Å². The molecule has 1 saturated heterocycles. The van der Waals surface area contributed by atoms with Crippen LogP contribution >= 0.6 is 47.3 Å². The summed E-state index contributed by atoms with van der Waals surface area (Å²) in [6.07, 6.45) is 1.63. The van der Waals surface area contributed by atoms with Crippen molar-refractivity contribution in [1.29, 1.82) is 0 Å². The van der Waals surface area contributed by atoms with E-state index < -0.39 is 4.92 Å². The molecule has 0 aromatic heterocycles. The highest BCUT2D eigenvalue weighted by Crippen LogP contribution is 2.39. The Bertz CT molecular complexity index is 1260. The summed E-state index contributed by atoms with van der Waals surface area (Å²) >= 11 is 13.8. The van der Waals surface area contributed by atoms with E-state index in [1.165, 1.54) is 22.7 Å². The van der Waals surface area contributed by atoms with E-state index in [-0.39, 0.29) is 11.6 Å². The number of thioether (sulfide) groups is 1. The summed E-state index contributed by atoms with van der Waals surface area (Å²) in [6.45, 7) is 1.99. The van der Waals surface area contributed by atoms with Crippen LogP contribution in [0.15, 0.2) is 81.4 Å². The molecule has 0 spiro atoms. The van der Waals surface area contributed by atoms with E-state index in [1.807, 2.05) is 31.2 Å². The van der Waals surface area contributed by atoms with Crippen LogP contribution in [0.2, 0.25) is 5.02 Å².